The minimum Gasteiger partial charge on any atom is -0.339 e. The number of hydrogen-bond acceptors (Lipinski definition) is 6. The molecular weight excluding hydrogens is 312 g/mol. The summed E-state index contributed by atoms with van der Waals surface area (Å²) >= 11 is 0. The van der Waals surface area contributed by atoms with E-state index in [0.717, 1.165) is 12.8 Å². The van der Waals surface area contributed by atoms with Crippen molar-refractivity contribution >= 4 is 11.6 Å². The van der Waals surface area contributed by atoms with E-state index >= 15 is 0 Å². The minimum absolute atomic E-state index is 0.0328. The summed E-state index contributed by atoms with van der Waals surface area (Å²) in [6, 6.07) is 5.82. The highest BCUT2D eigenvalue weighted by molar-refractivity contribution is 5.94. The van der Waals surface area contributed by atoms with E-state index in [4.69, 9.17) is 4.52 Å². The second-order valence-electron chi connectivity index (χ2n) is 5.80. The Morgan fingerprint density at radius 2 is 2.33 bits per heavy atom. The molecule has 1 aliphatic rings. The number of nitro groups is 1. The lowest BCUT2D eigenvalue weighted by atomic mass is 9.96. The van der Waals surface area contributed by atoms with Gasteiger partial charge in [0.2, 0.25) is 5.89 Å². The first-order valence-corrected chi connectivity index (χ1v) is 7.94. The minimum atomic E-state index is -0.499. The zero-order valence-corrected chi connectivity index (χ0v) is 13.3. The van der Waals surface area contributed by atoms with E-state index in [1.165, 1.54) is 18.2 Å². The number of likely N-dealkylation sites (tertiary alicyclic amines) is 1. The Morgan fingerprint density at radius 3 is 3.04 bits per heavy atom. The molecule has 0 bridgehead atoms. The summed E-state index contributed by atoms with van der Waals surface area (Å²) in [6.45, 7) is 3.05. The van der Waals surface area contributed by atoms with Crippen molar-refractivity contribution in [2.45, 2.75) is 32.1 Å². The van der Waals surface area contributed by atoms with Crippen molar-refractivity contribution in [3.8, 4) is 0 Å². The number of hydrogen-bond donors (Lipinski definition) is 0. The van der Waals surface area contributed by atoms with Gasteiger partial charge in [0.1, 0.15) is 0 Å². The van der Waals surface area contributed by atoms with Gasteiger partial charge < -0.3 is 9.42 Å². The monoisotopic (exact) mass is 330 g/mol. The van der Waals surface area contributed by atoms with Crippen molar-refractivity contribution in [2.24, 2.45) is 0 Å². The largest absolute Gasteiger partial charge is 0.339 e. The highest BCUT2D eigenvalue weighted by Gasteiger charge is 2.28. The van der Waals surface area contributed by atoms with Crippen LogP contribution in [0.3, 0.4) is 0 Å². The Kier molecular flexibility index (Phi) is 4.54. The van der Waals surface area contributed by atoms with Gasteiger partial charge in [-0.05, 0) is 18.9 Å². The molecule has 126 valence electrons. The van der Waals surface area contributed by atoms with E-state index < -0.39 is 4.92 Å². The lowest BCUT2D eigenvalue weighted by molar-refractivity contribution is -0.384. The first-order chi connectivity index (χ1) is 11.6. The molecule has 0 saturated carbocycles. The predicted molar refractivity (Wildman–Crippen MR) is 84.7 cm³/mol. The second-order valence-corrected chi connectivity index (χ2v) is 5.80. The lowest BCUT2D eigenvalue weighted by Crippen LogP contribution is -2.39. The van der Waals surface area contributed by atoms with Crippen molar-refractivity contribution in [1.82, 2.24) is 15.0 Å². The molecule has 1 aliphatic heterocycles. The molecule has 1 fully saturated rings. The van der Waals surface area contributed by atoms with Gasteiger partial charge in [-0.1, -0.05) is 18.1 Å². The summed E-state index contributed by atoms with van der Waals surface area (Å²) < 4.78 is 5.15. The average Bonchev–Trinajstić information content (AvgIpc) is 3.10. The van der Waals surface area contributed by atoms with E-state index in [0.29, 0.717) is 36.8 Å². The first kappa shape index (κ1) is 16.1. The molecule has 1 saturated heterocycles. The number of benzene rings is 1. The third-order valence-corrected chi connectivity index (χ3v) is 4.16. The van der Waals surface area contributed by atoms with Gasteiger partial charge in [-0.3, -0.25) is 14.9 Å². The topological polar surface area (TPSA) is 102 Å². The normalized spacial score (nSPS) is 17.7. The maximum Gasteiger partial charge on any atom is 0.270 e. The predicted octanol–water partition coefficient (Wildman–Crippen LogP) is 2.56. The Morgan fingerprint density at radius 1 is 1.50 bits per heavy atom. The Labute approximate surface area is 138 Å². The smallest absolute Gasteiger partial charge is 0.270 e. The molecule has 1 aromatic carbocycles. The maximum absolute atomic E-state index is 12.7. The van der Waals surface area contributed by atoms with Gasteiger partial charge in [-0.15, -0.1) is 0 Å². The number of rotatable bonds is 4. The van der Waals surface area contributed by atoms with Gasteiger partial charge in [-0.25, -0.2) is 0 Å². The zero-order valence-electron chi connectivity index (χ0n) is 13.3. The van der Waals surface area contributed by atoms with E-state index in [-0.39, 0.29) is 17.5 Å². The average molecular weight is 330 g/mol. The highest BCUT2D eigenvalue weighted by atomic mass is 16.6. The summed E-state index contributed by atoms with van der Waals surface area (Å²) in [7, 11) is 0. The third kappa shape index (κ3) is 3.27. The second kappa shape index (κ2) is 6.77. The van der Waals surface area contributed by atoms with Crippen LogP contribution in [-0.2, 0) is 6.42 Å². The van der Waals surface area contributed by atoms with Gasteiger partial charge in [0.25, 0.3) is 11.6 Å². The van der Waals surface area contributed by atoms with Crippen molar-refractivity contribution in [1.29, 1.82) is 0 Å². The molecule has 1 amide bonds. The van der Waals surface area contributed by atoms with Crippen LogP contribution in [0.25, 0.3) is 0 Å². The van der Waals surface area contributed by atoms with Crippen LogP contribution < -0.4 is 0 Å². The Bertz CT molecular complexity index is 758. The van der Waals surface area contributed by atoms with Crippen LogP contribution in [0.5, 0.6) is 0 Å². The van der Waals surface area contributed by atoms with E-state index in [1.54, 1.807) is 11.0 Å². The van der Waals surface area contributed by atoms with E-state index in [9.17, 15) is 14.9 Å². The van der Waals surface area contributed by atoms with Crippen LogP contribution in [0.2, 0.25) is 0 Å². The van der Waals surface area contributed by atoms with Gasteiger partial charge in [-0.2, -0.15) is 4.98 Å². The number of aromatic nitrogens is 2. The molecule has 8 heteroatoms. The van der Waals surface area contributed by atoms with Crippen LogP contribution in [-0.4, -0.2) is 39.0 Å². The number of nitrogens with zero attached hydrogens (tertiary/aromatic N) is 4. The number of piperidine rings is 1. The lowest BCUT2D eigenvalue weighted by Gasteiger charge is -2.31. The van der Waals surface area contributed by atoms with Gasteiger partial charge in [0.15, 0.2) is 5.82 Å². The number of amides is 1. The molecule has 0 spiro atoms. The number of carbonyl (C=O) groups excluding carboxylic acids is 1. The van der Waals surface area contributed by atoms with Gasteiger partial charge >= 0.3 is 0 Å². The summed E-state index contributed by atoms with van der Waals surface area (Å²) in [5, 5.41) is 14.9. The molecule has 2 aromatic rings. The van der Waals surface area contributed by atoms with Crippen LogP contribution in [0, 0.1) is 10.1 Å². The third-order valence-electron chi connectivity index (χ3n) is 4.16. The zero-order chi connectivity index (χ0) is 17.1. The number of aryl methyl sites for hydroxylation is 1. The molecule has 24 heavy (non-hydrogen) atoms. The quantitative estimate of drug-likeness (QED) is 0.630. The fraction of sp³-hybridized carbons (Fsp3) is 0.438. The molecule has 3 rings (SSSR count). The standard InChI is InChI=1S/C16H18N4O4/c1-2-14-17-15(18-24-14)12-6-4-8-19(10-12)16(21)11-5-3-7-13(9-11)20(22)23/h3,5,7,9,12H,2,4,6,8,10H2,1H3/t12-/m0/s1. The van der Waals surface area contributed by atoms with Crippen LogP contribution >= 0.6 is 0 Å². The number of non-ortho nitro benzene ring substituents is 1. The molecule has 0 N–H and O–H groups in total. The first-order valence-electron chi connectivity index (χ1n) is 7.94. The van der Waals surface area contributed by atoms with Crippen molar-refractivity contribution in [3.63, 3.8) is 0 Å². The highest BCUT2D eigenvalue weighted by Crippen LogP contribution is 2.26. The maximum atomic E-state index is 12.7. The fourth-order valence-corrected chi connectivity index (χ4v) is 2.88. The van der Waals surface area contributed by atoms with Crippen LogP contribution in [0.4, 0.5) is 5.69 Å². The summed E-state index contributed by atoms with van der Waals surface area (Å²) in [6.07, 6.45) is 2.40. The van der Waals surface area contributed by atoms with Gasteiger partial charge in [0, 0.05) is 43.1 Å². The molecule has 1 atom stereocenters. The molecule has 8 nitrogen and oxygen atoms in total. The van der Waals surface area contributed by atoms with E-state index in [2.05, 4.69) is 10.1 Å². The molecule has 0 unspecified atom stereocenters. The molecule has 1 aromatic heterocycles. The van der Waals surface area contributed by atoms with Crippen molar-refractivity contribution < 1.29 is 14.2 Å². The van der Waals surface area contributed by atoms with Gasteiger partial charge in [0.05, 0.1) is 4.92 Å². The van der Waals surface area contributed by atoms with E-state index in [1.807, 2.05) is 6.92 Å². The number of carbonyl (C=O) groups is 1. The summed E-state index contributed by atoms with van der Waals surface area (Å²) in [5.41, 5.74) is 0.243. The SMILES string of the molecule is CCc1nc([C@H]2CCCN(C(=O)c3cccc([N+](=O)[O-])c3)C2)no1. The number of nitro benzene ring substituents is 1. The molecular formula is C16H18N4O4. The summed E-state index contributed by atoms with van der Waals surface area (Å²) in [5.74, 6) is 1.04. The van der Waals surface area contributed by atoms with Crippen molar-refractivity contribution in [2.75, 3.05) is 13.1 Å². The van der Waals surface area contributed by atoms with Crippen LogP contribution in [0.1, 0.15) is 47.8 Å². The van der Waals surface area contributed by atoms with Crippen molar-refractivity contribution in [3.05, 3.63) is 51.7 Å². The Hall–Kier alpha value is -2.77. The Balaban J connectivity index is 1.75. The summed E-state index contributed by atoms with van der Waals surface area (Å²) in [4.78, 5) is 29.1. The fourth-order valence-electron chi connectivity index (χ4n) is 2.88. The molecule has 0 radical (unpaired) electrons. The van der Waals surface area contributed by atoms with Crippen LogP contribution in [0.15, 0.2) is 28.8 Å². The molecule has 0 aliphatic carbocycles. The molecule has 2 heterocycles.